The summed E-state index contributed by atoms with van der Waals surface area (Å²) in [4.78, 5) is 39.2. The monoisotopic (exact) mass is 408 g/mol. The second-order valence-electron chi connectivity index (χ2n) is 8.57. The first kappa shape index (κ1) is 24.3. The van der Waals surface area contributed by atoms with Crippen LogP contribution in [0.25, 0.3) is 0 Å². The lowest BCUT2D eigenvalue weighted by atomic mass is 10.2. The minimum atomic E-state index is -0.835. The normalized spacial score (nSPS) is 11.4. The topological polar surface area (TPSA) is 85.4 Å². The quantitative estimate of drug-likeness (QED) is 0.670. The van der Waals surface area contributed by atoms with E-state index in [2.05, 4.69) is 0 Å². The fraction of sp³-hybridized carbons (Fsp3) is 0.571. The number of carbonyl (C=O) groups is 3. The van der Waals surface area contributed by atoms with Crippen molar-refractivity contribution in [3.05, 3.63) is 35.9 Å². The molecular formula is C21H32N2O6. The van der Waals surface area contributed by atoms with E-state index in [1.807, 2.05) is 30.3 Å². The third-order valence-corrected chi connectivity index (χ3v) is 3.40. The van der Waals surface area contributed by atoms with Gasteiger partial charge in [-0.2, -0.15) is 0 Å². The number of hydrogen-bond acceptors (Lipinski definition) is 6. The number of nitrogens with zero attached hydrogens (tertiary/aromatic N) is 2. The molecular weight excluding hydrogens is 376 g/mol. The maximum atomic E-state index is 12.4. The Morgan fingerprint density at radius 3 is 1.72 bits per heavy atom. The number of ether oxygens (including phenoxy) is 3. The summed E-state index contributed by atoms with van der Waals surface area (Å²) in [6.07, 6.45) is -2.24. The highest BCUT2D eigenvalue weighted by atomic mass is 16.6. The van der Waals surface area contributed by atoms with Crippen LogP contribution in [0.5, 0.6) is 0 Å². The van der Waals surface area contributed by atoms with Gasteiger partial charge in [-0.15, -0.1) is 0 Å². The highest BCUT2D eigenvalue weighted by Gasteiger charge is 2.31. The maximum absolute atomic E-state index is 12.4. The van der Waals surface area contributed by atoms with Crippen molar-refractivity contribution in [2.45, 2.75) is 59.4 Å². The Balaban J connectivity index is 2.70. The molecule has 0 aliphatic carbocycles. The van der Waals surface area contributed by atoms with Crippen LogP contribution in [0.2, 0.25) is 0 Å². The van der Waals surface area contributed by atoms with Crippen molar-refractivity contribution in [2.24, 2.45) is 0 Å². The van der Waals surface area contributed by atoms with Crippen LogP contribution in [0.15, 0.2) is 30.3 Å². The molecule has 29 heavy (non-hydrogen) atoms. The zero-order valence-corrected chi connectivity index (χ0v) is 18.4. The smallest absolute Gasteiger partial charge is 0.419 e. The third-order valence-electron chi connectivity index (χ3n) is 3.40. The van der Waals surface area contributed by atoms with E-state index < -0.39 is 29.5 Å². The Kier molecular flexibility index (Phi) is 8.48. The summed E-state index contributed by atoms with van der Waals surface area (Å²) in [5.74, 6) is 0. The number of likely N-dealkylation sites (N-methyl/N-ethyl adjacent to an activating group) is 1. The number of hydrogen-bond donors (Lipinski definition) is 0. The average Bonchev–Trinajstić information content (AvgIpc) is 2.57. The lowest BCUT2D eigenvalue weighted by Gasteiger charge is -2.29. The summed E-state index contributed by atoms with van der Waals surface area (Å²) in [7, 11) is 1.52. The van der Waals surface area contributed by atoms with E-state index in [1.165, 1.54) is 11.9 Å². The van der Waals surface area contributed by atoms with Gasteiger partial charge in [0, 0.05) is 13.6 Å². The summed E-state index contributed by atoms with van der Waals surface area (Å²) >= 11 is 0. The summed E-state index contributed by atoms with van der Waals surface area (Å²) in [6, 6.07) is 9.28. The molecule has 0 atom stereocenters. The van der Waals surface area contributed by atoms with Gasteiger partial charge in [-0.25, -0.2) is 19.3 Å². The molecule has 0 N–H and O–H groups in total. The van der Waals surface area contributed by atoms with Crippen LogP contribution in [0.3, 0.4) is 0 Å². The molecule has 0 unspecified atom stereocenters. The first-order valence-electron chi connectivity index (χ1n) is 9.44. The molecule has 1 rings (SSSR count). The van der Waals surface area contributed by atoms with Crippen molar-refractivity contribution in [3.63, 3.8) is 0 Å². The van der Waals surface area contributed by atoms with E-state index in [4.69, 9.17) is 14.2 Å². The average molecular weight is 408 g/mol. The molecule has 0 aromatic heterocycles. The van der Waals surface area contributed by atoms with Crippen LogP contribution in [-0.2, 0) is 20.8 Å². The predicted octanol–water partition coefficient (Wildman–Crippen LogP) is 4.43. The number of rotatable bonds is 5. The van der Waals surface area contributed by atoms with Crippen molar-refractivity contribution in [3.8, 4) is 0 Å². The standard InChI is InChI=1S/C21H32N2O6/c1-20(2,3)28-18(25)23(19(26)29-21(4,5)6)14-13-22(7)17(24)27-15-16-11-9-8-10-12-16/h8-12H,13-15H2,1-7H3. The number of imide groups is 1. The Labute approximate surface area is 172 Å². The van der Waals surface area contributed by atoms with Gasteiger partial charge < -0.3 is 19.1 Å². The van der Waals surface area contributed by atoms with Gasteiger partial charge in [0.1, 0.15) is 17.8 Å². The van der Waals surface area contributed by atoms with E-state index in [9.17, 15) is 14.4 Å². The molecule has 1 aromatic carbocycles. The Morgan fingerprint density at radius 1 is 0.793 bits per heavy atom. The van der Waals surface area contributed by atoms with Crippen molar-refractivity contribution in [2.75, 3.05) is 20.1 Å². The molecule has 0 saturated carbocycles. The Bertz CT molecular complexity index is 663. The van der Waals surface area contributed by atoms with Gasteiger partial charge in [0.2, 0.25) is 0 Å². The number of amides is 3. The van der Waals surface area contributed by atoms with Crippen molar-refractivity contribution < 1.29 is 28.6 Å². The van der Waals surface area contributed by atoms with Crippen LogP contribution in [0.4, 0.5) is 14.4 Å². The molecule has 0 heterocycles. The van der Waals surface area contributed by atoms with E-state index in [-0.39, 0.29) is 19.7 Å². The minimum absolute atomic E-state index is 0.0616. The molecule has 0 aliphatic rings. The molecule has 0 saturated heterocycles. The fourth-order valence-corrected chi connectivity index (χ4v) is 2.06. The van der Waals surface area contributed by atoms with E-state index in [1.54, 1.807) is 41.5 Å². The molecule has 0 bridgehead atoms. The van der Waals surface area contributed by atoms with Gasteiger partial charge in [0.25, 0.3) is 0 Å². The summed E-state index contributed by atoms with van der Waals surface area (Å²) in [5, 5.41) is 0. The summed E-state index contributed by atoms with van der Waals surface area (Å²) in [5.41, 5.74) is -0.700. The maximum Gasteiger partial charge on any atom is 0.419 e. The van der Waals surface area contributed by atoms with Crippen LogP contribution >= 0.6 is 0 Å². The summed E-state index contributed by atoms with van der Waals surface area (Å²) in [6.45, 7) is 10.3. The number of carbonyl (C=O) groups excluding carboxylic acids is 3. The van der Waals surface area contributed by atoms with Crippen molar-refractivity contribution >= 4 is 18.3 Å². The van der Waals surface area contributed by atoms with Gasteiger partial charge in [-0.3, -0.25) is 0 Å². The molecule has 0 fully saturated rings. The zero-order valence-electron chi connectivity index (χ0n) is 18.4. The van der Waals surface area contributed by atoms with E-state index >= 15 is 0 Å². The lowest BCUT2D eigenvalue weighted by Crippen LogP contribution is -2.47. The zero-order chi connectivity index (χ0) is 22.2. The van der Waals surface area contributed by atoms with E-state index in [0.717, 1.165) is 10.5 Å². The highest BCUT2D eigenvalue weighted by Crippen LogP contribution is 2.14. The largest absolute Gasteiger partial charge is 0.445 e. The van der Waals surface area contributed by atoms with Crippen LogP contribution in [0.1, 0.15) is 47.1 Å². The van der Waals surface area contributed by atoms with Crippen molar-refractivity contribution in [1.29, 1.82) is 0 Å². The Hall–Kier alpha value is -2.77. The van der Waals surface area contributed by atoms with Crippen LogP contribution < -0.4 is 0 Å². The van der Waals surface area contributed by atoms with Crippen LogP contribution in [0, 0.1) is 0 Å². The minimum Gasteiger partial charge on any atom is -0.445 e. The van der Waals surface area contributed by atoms with Gasteiger partial charge in [-0.05, 0) is 47.1 Å². The second kappa shape index (κ2) is 10.1. The predicted molar refractivity (Wildman–Crippen MR) is 108 cm³/mol. The molecule has 1 aromatic rings. The molecule has 162 valence electrons. The summed E-state index contributed by atoms with van der Waals surface area (Å²) < 4.78 is 15.8. The molecule has 8 nitrogen and oxygen atoms in total. The first-order chi connectivity index (χ1) is 13.3. The molecule has 0 aliphatic heterocycles. The molecule has 0 radical (unpaired) electrons. The molecule has 0 spiro atoms. The van der Waals surface area contributed by atoms with Gasteiger partial charge in [0.15, 0.2) is 0 Å². The van der Waals surface area contributed by atoms with Gasteiger partial charge >= 0.3 is 18.3 Å². The lowest BCUT2D eigenvalue weighted by molar-refractivity contribution is -0.0000863. The van der Waals surface area contributed by atoms with Gasteiger partial charge in [-0.1, -0.05) is 30.3 Å². The van der Waals surface area contributed by atoms with Gasteiger partial charge in [0.05, 0.1) is 6.54 Å². The molecule has 8 heteroatoms. The number of benzene rings is 1. The van der Waals surface area contributed by atoms with E-state index in [0.29, 0.717) is 0 Å². The van der Waals surface area contributed by atoms with Crippen molar-refractivity contribution in [1.82, 2.24) is 9.80 Å². The third kappa shape index (κ3) is 9.82. The fourth-order valence-electron chi connectivity index (χ4n) is 2.06. The molecule has 3 amide bonds. The first-order valence-corrected chi connectivity index (χ1v) is 9.44. The second-order valence-corrected chi connectivity index (χ2v) is 8.57. The highest BCUT2D eigenvalue weighted by molar-refractivity contribution is 5.88. The van der Waals surface area contributed by atoms with Crippen LogP contribution in [-0.4, -0.2) is 59.4 Å². The SMILES string of the molecule is CN(CCN(C(=O)OC(C)(C)C)C(=O)OC(C)(C)C)C(=O)OCc1ccccc1. The Morgan fingerprint density at radius 2 is 1.28 bits per heavy atom.